The molecule has 0 radical (unpaired) electrons. The van der Waals surface area contributed by atoms with E-state index in [4.69, 9.17) is 14.2 Å². The predicted octanol–water partition coefficient (Wildman–Crippen LogP) is -7.66. The minimum Gasteiger partial charge on any atom is -0.394 e. The zero-order chi connectivity index (χ0) is 61.6. The minimum absolute atomic E-state index is 0.0914. The third-order valence-electron chi connectivity index (χ3n) is 14.7. The highest BCUT2D eigenvalue weighted by Gasteiger charge is 2.48. The molecule has 29 nitrogen and oxygen atoms in total. The lowest BCUT2D eigenvalue weighted by Crippen LogP contribution is -2.67. The van der Waals surface area contributed by atoms with Gasteiger partial charge in [-0.2, -0.15) is 0 Å². The third kappa shape index (κ3) is 17.1. The molecule has 3 heterocycles. The Morgan fingerprint density at radius 3 is 1.18 bits per heavy atom. The Labute approximate surface area is 484 Å². The highest BCUT2D eigenvalue weighted by molar-refractivity contribution is 5.99. The number of aliphatic hydroxyl groups excluding tert-OH is 12. The van der Waals surface area contributed by atoms with E-state index in [9.17, 15) is 94.8 Å². The third-order valence-corrected chi connectivity index (χ3v) is 14.7. The van der Waals surface area contributed by atoms with Crippen LogP contribution < -0.4 is 37.2 Å². The molecule has 462 valence electrons. The van der Waals surface area contributed by atoms with Gasteiger partial charge in [0.1, 0.15) is 97.2 Å². The van der Waals surface area contributed by atoms with Crippen LogP contribution in [-0.2, 0) is 67.0 Å². The van der Waals surface area contributed by atoms with Gasteiger partial charge in [-0.25, -0.2) is 0 Å². The Bertz CT molecular complexity index is 2920. The summed E-state index contributed by atoms with van der Waals surface area (Å²) in [6.45, 7) is -2.66. The Hall–Kier alpha value is -7.17. The van der Waals surface area contributed by atoms with E-state index in [0.717, 1.165) is 10.8 Å². The van der Waals surface area contributed by atoms with E-state index in [1.54, 1.807) is 66.7 Å². The molecule has 0 aromatic heterocycles. The lowest BCUT2D eigenvalue weighted by molar-refractivity contribution is -0.254. The molecule has 3 fully saturated rings. The van der Waals surface area contributed by atoms with Crippen molar-refractivity contribution < 1.29 is 109 Å². The molecule has 0 spiro atoms. The van der Waals surface area contributed by atoms with E-state index in [1.807, 2.05) is 36.4 Å². The van der Waals surface area contributed by atoms with Gasteiger partial charge in [-0.15, -0.1) is 0 Å². The van der Waals surface area contributed by atoms with Gasteiger partial charge in [0.2, 0.25) is 41.4 Å². The Balaban J connectivity index is 1.19. The van der Waals surface area contributed by atoms with E-state index < -0.39 is 190 Å². The number of ether oxygens (including phenoxy) is 3. The molecule has 0 bridgehead atoms. The largest absolute Gasteiger partial charge is 0.394 e. The number of carbonyl (C=O) groups excluding carboxylic acids is 7. The first kappa shape index (κ1) is 65.4. The van der Waals surface area contributed by atoms with Crippen LogP contribution in [-0.4, -0.2) is 239 Å². The second-order valence-corrected chi connectivity index (χ2v) is 20.9. The fraction of sp³-hybridized carbons (Fsp3) is 0.482. The number of hydrogen-bond donors (Lipinski definition) is 19. The van der Waals surface area contributed by atoms with Crippen LogP contribution in [0.3, 0.4) is 0 Å². The number of fused-ring (bicyclic) bond motifs is 1. The number of nitrogens with one attached hydrogen (secondary N) is 7. The topological polar surface area (TPSA) is 474 Å². The van der Waals surface area contributed by atoms with E-state index >= 15 is 0 Å². The number of rotatable bonds is 24. The summed E-state index contributed by atoms with van der Waals surface area (Å²) in [5.74, 6) is -8.18. The Morgan fingerprint density at radius 1 is 0.376 bits per heavy atom. The van der Waals surface area contributed by atoms with E-state index in [-0.39, 0.29) is 19.3 Å². The zero-order valence-corrected chi connectivity index (χ0v) is 45.4. The number of amides is 7. The van der Waals surface area contributed by atoms with Crippen molar-refractivity contribution in [1.82, 2.24) is 37.2 Å². The molecular weight excluding hydrogens is 1120 g/mol. The van der Waals surface area contributed by atoms with Crippen molar-refractivity contribution in [2.45, 2.75) is 148 Å². The summed E-state index contributed by atoms with van der Waals surface area (Å²) in [4.78, 5) is 100. The normalized spacial score (nSPS) is 29.0. The molecule has 7 rings (SSSR count). The summed E-state index contributed by atoms with van der Waals surface area (Å²) >= 11 is 0. The molecule has 3 aliphatic heterocycles. The number of carbonyl (C=O) groups is 7. The fourth-order valence-electron chi connectivity index (χ4n) is 10.0. The first-order valence-electron chi connectivity index (χ1n) is 27.2. The maximum Gasteiger partial charge on any atom is 0.243 e. The maximum atomic E-state index is 14.9. The standard InChI is InChI=1S/C56H71N7O22/c64-23-35-44(70)47(73)41(54(80)83-35)61-39(68)21-33(52(78)60-34(53(79)63-43-49(75)46(72)37(25-66)85-56(43)82)22-40(69)62-42-48(74)45(71)36(24-65)84-55(42)81)59-51(77)32(19-27-11-5-2-6-12-27)58-50(76)31(18-26-9-3-1-4-10-26)57-38(67)20-28-15-16-29-13-7-8-14-30(29)17-28/h1-17,31-37,41-49,54-56,64-66,70-75,80-82H,18-25H2,(H,57,67)(H,58,76)(H,59,77)(H,60,78)(H,61,68)(H,62,69)(H,63,79)/t31-,32-,33-,34-,35+,36+,37+,41+,42+,43+,44+,45+,46+,47+,48+,49+,54-,55-,56-/m0/s1. The molecule has 0 unspecified atom stereocenters. The van der Waals surface area contributed by atoms with Crippen molar-refractivity contribution in [2.24, 2.45) is 0 Å². The van der Waals surface area contributed by atoms with Crippen molar-refractivity contribution >= 4 is 52.1 Å². The van der Waals surface area contributed by atoms with Crippen molar-refractivity contribution in [3.63, 3.8) is 0 Å². The Kier molecular flexibility index (Phi) is 23.3. The monoisotopic (exact) mass is 1190 g/mol. The van der Waals surface area contributed by atoms with Gasteiger partial charge in [0.15, 0.2) is 18.9 Å². The highest BCUT2D eigenvalue weighted by Crippen LogP contribution is 2.24. The molecule has 85 heavy (non-hydrogen) atoms. The van der Waals surface area contributed by atoms with Crippen molar-refractivity contribution in [3.8, 4) is 0 Å². The smallest absolute Gasteiger partial charge is 0.243 e. The van der Waals surface area contributed by atoms with Gasteiger partial charge in [-0.05, 0) is 27.5 Å². The van der Waals surface area contributed by atoms with Crippen molar-refractivity contribution in [1.29, 1.82) is 0 Å². The quantitative estimate of drug-likeness (QED) is 0.0310. The predicted molar refractivity (Wildman–Crippen MR) is 291 cm³/mol. The molecule has 0 saturated carbocycles. The van der Waals surface area contributed by atoms with Gasteiger partial charge >= 0.3 is 0 Å². The van der Waals surface area contributed by atoms with Crippen molar-refractivity contribution in [2.75, 3.05) is 19.8 Å². The SMILES string of the molecule is O=C(C[C@H](NC(=O)[C@H](CC(=O)N[C@@H]1[C@@H](O)[C@H](O)[C@@H](CO)O[C@@H]1O)NC(=O)[C@H](Cc1ccccc1)NC(=O)[C@H](Cc1ccccc1)NC(=O)Cc1ccc2ccccc2c1)C(=O)N[C@@H]1[C@@H](O)[C@H](O)[C@@H](CO)O[C@@H]1O)N[C@@H]1[C@@H](O)[C@H](O)[C@@H](CO)O[C@@H]1O. The van der Waals surface area contributed by atoms with Gasteiger partial charge in [-0.3, -0.25) is 33.6 Å². The average molecular weight is 1190 g/mol. The molecule has 4 aromatic rings. The van der Waals surface area contributed by atoms with Crippen LogP contribution >= 0.6 is 0 Å². The molecule has 0 aliphatic carbocycles. The second kappa shape index (κ2) is 30.3. The summed E-state index contributed by atoms with van der Waals surface area (Å²) in [5, 5.41) is 143. The lowest BCUT2D eigenvalue weighted by atomic mass is 9.96. The molecule has 7 amide bonds. The van der Waals surface area contributed by atoms with Crippen LogP contribution in [0.2, 0.25) is 0 Å². The summed E-state index contributed by atoms with van der Waals surface area (Å²) in [6, 6.07) is 16.4. The zero-order valence-electron chi connectivity index (χ0n) is 45.4. The van der Waals surface area contributed by atoms with Crippen LogP contribution in [0.5, 0.6) is 0 Å². The number of hydrogen-bond acceptors (Lipinski definition) is 22. The van der Waals surface area contributed by atoms with Gasteiger partial charge < -0.3 is 113 Å². The van der Waals surface area contributed by atoms with E-state index in [1.165, 1.54) is 0 Å². The molecule has 19 atom stereocenters. The molecule has 4 aromatic carbocycles. The lowest BCUT2D eigenvalue weighted by Gasteiger charge is -2.41. The summed E-state index contributed by atoms with van der Waals surface area (Å²) in [7, 11) is 0. The maximum absolute atomic E-state index is 14.9. The van der Waals surface area contributed by atoms with Gasteiger partial charge in [0.05, 0.1) is 39.1 Å². The van der Waals surface area contributed by atoms with Crippen LogP contribution in [0, 0.1) is 0 Å². The minimum atomic E-state index is -2.24. The van der Waals surface area contributed by atoms with Gasteiger partial charge in [-0.1, -0.05) is 103 Å². The van der Waals surface area contributed by atoms with Gasteiger partial charge in [0, 0.05) is 12.8 Å². The Morgan fingerprint density at radius 2 is 0.741 bits per heavy atom. The molecule has 3 saturated heterocycles. The van der Waals surface area contributed by atoms with E-state index in [0.29, 0.717) is 16.7 Å². The van der Waals surface area contributed by atoms with Crippen LogP contribution in [0.4, 0.5) is 0 Å². The number of benzene rings is 4. The molecular formula is C56H71N7O22. The molecule has 29 heteroatoms. The van der Waals surface area contributed by atoms with Crippen LogP contribution in [0.25, 0.3) is 10.8 Å². The van der Waals surface area contributed by atoms with Crippen LogP contribution in [0.1, 0.15) is 29.5 Å². The van der Waals surface area contributed by atoms with Crippen molar-refractivity contribution in [3.05, 3.63) is 120 Å². The average Bonchev–Trinajstić information content (AvgIpc) is 3.52. The summed E-state index contributed by atoms with van der Waals surface area (Å²) in [6.07, 6.45) is -25.7. The molecule has 19 N–H and O–H groups in total. The number of aliphatic hydroxyl groups is 12. The molecule has 3 aliphatic rings. The first-order valence-corrected chi connectivity index (χ1v) is 27.2. The van der Waals surface area contributed by atoms with E-state index in [2.05, 4.69) is 37.2 Å². The van der Waals surface area contributed by atoms with Crippen LogP contribution in [0.15, 0.2) is 103 Å². The second-order valence-electron chi connectivity index (χ2n) is 20.9. The summed E-state index contributed by atoms with van der Waals surface area (Å²) in [5.41, 5.74) is 1.66. The fourth-order valence-corrected chi connectivity index (χ4v) is 10.0. The first-order chi connectivity index (χ1) is 40.6. The summed E-state index contributed by atoms with van der Waals surface area (Å²) < 4.78 is 15.4. The van der Waals surface area contributed by atoms with Gasteiger partial charge in [0.25, 0.3) is 0 Å². The highest BCUT2D eigenvalue weighted by atomic mass is 16.6.